The predicted octanol–water partition coefficient (Wildman–Crippen LogP) is 1.19. The summed E-state index contributed by atoms with van der Waals surface area (Å²) in [5.41, 5.74) is 6.82. The van der Waals surface area contributed by atoms with E-state index in [1.54, 1.807) is 0 Å². The summed E-state index contributed by atoms with van der Waals surface area (Å²) in [5, 5.41) is 0. The van der Waals surface area contributed by atoms with Gasteiger partial charge in [-0.3, -0.25) is 0 Å². The van der Waals surface area contributed by atoms with E-state index in [0.717, 1.165) is 11.2 Å². The molecule has 17 heavy (non-hydrogen) atoms. The number of hydrogen-bond donors (Lipinski definition) is 1. The van der Waals surface area contributed by atoms with Gasteiger partial charge in [0.1, 0.15) is 0 Å². The molecule has 1 aromatic carbocycles. The van der Waals surface area contributed by atoms with Crippen LogP contribution in [-0.4, -0.2) is 37.2 Å². The maximum Gasteiger partial charge on any atom is 0.494 e. The Balaban J connectivity index is 0.00000144. The molecule has 0 saturated carbocycles. The van der Waals surface area contributed by atoms with E-state index in [1.807, 2.05) is 52.0 Å². The average Bonchev–Trinajstić information content (AvgIpc) is 2.37. The number of hydrogen-bond acceptors (Lipinski definition) is 3. The molecule has 1 aliphatic heterocycles. The maximum atomic E-state index is 5.93. The zero-order chi connectivity index (χ0) is 12.0. The molecular formula is C12H18BLiNO2. The summed E-state index contributed by atoms with van der Waals surface area (Å²) in [4.78, 5) is 0. The normalized spacial score (nSPS) is 21.1. The third-order valence-corrected chi connectivity index (χ3v) is 3.46. The van der Waals surface area contributed by atoms with Crippen molar-refractivity contribution in [2.75, 3.05) is 5.73 Å². The van der Waals surface area contributed by atoms with Gasteiger partial charge < -0.3 is 15.0 Å². The van der Waals surface area contributed by atoms with Gasteiger partial charge in [-0.05, 0) is 45.3 Å². The number of rotatable bonds is 1. The fraction of sp³-hybridized carbons (Fsp3) is 0.500. The van der Waals surface area contributed by atoms with Gasteiger partial charge in [0, 0.05) is 24.5 Å². The number of nitrogen functional groups attached to an aromatic ring is 1. The second kappa shape index (κ2) is 4.70. The maximum absolute atomic E-state index is 5.93. The van der Waals surface area contributed by atoms with Crippen LogP contribution in [0.1, 0.15) is 27.7 Å². The molecule has 2 rings (SSSR count). The quantitative estimate of drug-likeness (QED) is 0.577. The van der Waals surface area contributed by atoms with Crippen LogP contribution >= 0.6 is 0 Å². The van der Waals surface area contributed by atoms with Gasteiger partial charge in [0.15, 0.2) is 0 Å². The molecule has 1 fully saturated rings. The minimum atomic E-state index is -0.300. The molecule has 0 aliphatic carbocycles. The monoisotopic (exact) mass is 226 g/mol. The molecule has 1 saturated heterocycles. The molecule has 1 heterocycles. The van der Waals surface area contributed by atoms with E-state index < -0.39 is 0 Å². The summed E-state index contributed by atoms with van der Waals surface area (Å²) < 4.78 is 11.9. The van der Waals surface area contributed by atoms with Gasteiger partial charge in [0.05, 0.1) is 11.2 Å². The van der Waals surface area contributed by atoms with Crippen molar-refractivity contribution in [3.8, 4) is 0 Å². The van der Waals surface area contributed by atoms with Gasteiger partial charge >= 0.3 is 7.12 Å². The van der Waals surface area contributed by atoms with Crippen molar-refractivity contribution < 1.29 is 9.31 Å². The Morgan fingerprint density at radius 2 is 1.35 bits per heavy atom. The number of nitrogens with two attached hydrogens (primary N) is 1. The fourth-order valence-electron chi connectivity index (χ4n) is 1.63. The Labute approximate surface area is 115 Å². The average molecular weight is 226 g/mol. The molecule has 0 bridgehead atoms. The first-order chi connectivity index (χ1) is 7.32. The molecule has 0 amide bonds. The van der Waals surface area contributed by atoms with E-state index >= 15 is 0 Å². The van der Waals surface area contributed by atoms with Crippen molar-refractivity contribution in [2.24, 2.45) is 0 Å². The van der Waals surface area contributed by atoms with E-state index in [9.17, 15) is 0 Å². The summed E-state index contributed by atoms with van der Waals surface area (Å²) in [6.45, 7) is 8.18. The van der Waals surface area contributed by atoms with Crippen molar-refractivity contribution in [2.45, 2.75) is 38.9 Å². The Morgan fingerprint density at radius 3 is 1.76 bits per heavy atom. The third kappa shape index (κ3) is 2.72. The zero-order valence-corrected chi connectivity index (χ0v) is 11.3. The Kier molecular flexibility index (Phi) is 4.05. The molecule has 3 nitrogen and oxygen atoms in total. The van der Waals surface area contributed by atoms with Crippen molar-refractivity contribution >= 4 is 37.1 Å². The van der Waals surface area contributed by atoms with Gasteiger partial charge in [-0.25, -0.2) is 0 Å². The fourth-order valence-corrected chi connectivity index (χ4v) is 1.63. The van der Waals surface area contributed by atoms with Crippen LogP contribution in [0.2, 0.25) is 0 Å². The predicted molar refractivity (Wildman–Crippen MR) is 72.3 cm³/mol. The molecule has 1 aromatic rings. The molecule has 1 radical (unpaired) electrons. The summed E-state index contributed by atoms with van der Waals surface area (Å²) in [6, 6.07) is 7.61. The van der Waals surface area contributed by atoms with Crippen LogP contribution in [0.25, 0.3) is 0 Å². The minimum Gasteiger partial charge on any atom is -0.399 e. The van der Waals surface area contributed by atoms with Crippen molar-refractivity contribution in [3.05, 3.63) is 24.3 Å². The molecule has 2 N–H and O–H groups in total. The first-order valence-corrected chi connectivity index (χ1v) is 5.53. The van der Waals surface area contributed by atoms with E-state index in [-0.39, 0.29) is 37.2 Å². The van der Waals surface area contributed by atoms with Gasteiger partial charge in [0.2, 0.25) is 0 Å². The van der Waals surface area contributed by atoms with Gasteiger partial charge in [0.25, 0.3) is 0 Å². The third-order valence-electron chi connectivity index (χ3n) is 3.46. The van der Waals surface area contributed by atoms with E-state index in [0.29, 0.717) is 0 Å². The summed E-state index contributed by atoms with van der Waals surface area (Å²) in [5.74, 6) is 0. The molecule has 0 atom stereocenters. The number of anilines is 1. The first-order valence-electron chi connectivity index (χ1n) is 5.53. The van der Waals surface area contributed by atoms with Crippen LogP contribution in [-0.2, 0) is 9.31 Å². The topological polar surface area (TPSA) is 44.5 Å². The van der Waals surface area contributed by atoms with E-state index in [1.165, 1.54) is 0 Å². The van der Waals surface area contributed by atoms with Crippen LogP contribution in [0.15, 0.2) is 24.3 Å². The smallest absolute Gasteiger partial charge is 0.399 e. The van der Waals surface area contributed by atoms with Crippen LogP contribution < -0.4 is 11.2 Å². The van der Waals surface area contributed by atoms with Crippen LogP contribution in [0.4, 0.5) is 5.69 Å². The summed E-state index contributed by atoms with van der Waals surface area (Å²) in [7, 11) is -0.300. The van der Waals surface area contributed by atoms with Crippen LogP contribution in [0, 0.1) is 0 Å². The Bertz CT molecular complexity index is 376. The first kappa shape index (κ1) is 14.7. The molecule has 1 aliphatic rings. The standard InChI is InChI=1S/C12H18BNO2.Li/c1-11(2)12(3,4)16-13(15-11)9-5-7-10(14)8-6-9;/h5-8H,14H2,1-4H3;. The van der Waals surface area contributed by atoms with Gasteiger partial charge in [-0.15, -0.1) is 0 Å². The second-order valence-corrected chi connectivity index (χ2v) is 5.25. The van der Waals surface area contributed by atoms with Gasteiger partial charge in [-0.2, -0.15) is 0 Å². The van der Waals surface area contributed by atoms with Gasteiger partial charge in [-0.1, -0.05) is 12.1 Å². The molecule has 87 valence electrons. The van der Waals surface area contributed by atoms with Crippen molar-refractivity contribution in [1.82, 2.24) is 0 Å². The number of benzene rings is 1. The second-order valence-electron chi connectivity index (χ2n) is 5.25. The Morgan fingerprint density at radius 1 is 0.941 bits per heavy atom. The minimum absolute atomic E-state index is 0. The summed E-state index contributed by atoms with van der Waals surface area (Å²) in [6.07, 6.45) is 0. The van der Waals surface area contributed by atoms with Crippen molar-refractivity contribution in [1.29, 1.82) is 0 Å². The van der Waals surface area contributed by atoms with E-state index in [2.05, 4.69) is 0 Å². The van der Waals surface area contributed by atoms with Crippen molar-refractivity contribution in [3.63, 3.8) is 0 Å². The molecule has 0 aromatic heterocycles. The summed E-state index contributed by atoms with van der Waals surface area (Å²) >= 11 is 0. The molecule has 0 unspecified atom stereocenters. The van der Waals surface area contributed by atoms with E-state index in [4.69, 9.17) is 15.0 Å². The van der Waals surface area contributed by atoms with Crippen LogP contribution in [0.5, 0.6) is 0 Å². The molecular weight excluding hydrogens is 208 g/mol. The Hall–Kier alpha value is -0.398. The molecule has 0 spiro atoms. The zero-order valence-electron chi connectivity index (χ0n) is 11.3. The SMILES string of the molecule is CC1(C)OB(c2ccc(N)cc2)OC1(C)C.[Li]. The molecule has 5 heteroatoms. The largest absolute Gasteiger partial charge is 0.494 e. The van der Waals surface area contributed by atoms with Crippen LogP contribution in [0.3, 0.4) is 0 Å².